The molecule has 1 aromatic heterocycles. The summed E-state index contributed by atoms with van der Waals surface area (Å²) in [4.78, 5) is 0.620. The highest BCUT2D eigenvalue weighted by Crippen LogP contribution is 2.22. The predicted molar refractivity (Wildman–Crippen MR) is 82.1 cm³/mol. The third-order valence-corrected chi connectivity index (χ3v) is 5.72. The first-order chi connectivity index (χ1) is 9.95. The average Bonchev–Trinajstić information content (AvgIpc) is 2.91. The van der Waals surface area contributed by atoms with Gasteiger partial charge < -0.3 is 5.32 Å². The number of nitrogens with one attached hydrogen (secondary N) is 1. The third-order valence-electron chi connectivity index (χ3n) is 3.02. The Kier molecular flexibility index (Phi) is 5.10. The molecule has 0 bridgehead atoms. The molecule has 0 saturated heterocycles. The lowest BCUT2D eigenvalue weighted by atomic mass is 10.2. The summed E-state index contributed by atoms with van der Waals surface area (Å²) in [7, 11) is -0.631. The first-order valence-corrected chi connectivity index (χ1v) is 8.69. The second kappa shape index (κ2) is 6.65. The number of thiophene rings is 1. The number of halogens is 1. The molecule has 0 radical (unpaired) electrons. The van der Waals surface area contributed by atoms with Crippen molar-refractivity contribution < 1.29 is 12.8 Å². The van der Waals surface area contributed by atoms with Crippen LogP contribution in [0.15, 0.2) is 40.6 Å². The highest BCUT2D eigenvalue weighted by Gasteiger charge is 2.24. The molecule has 21 heavy (non-hydrogen) atoms. The Bertz CT molecular complexity index is 700. The highest BCUT2D eigenvalue weighted by molar-refractivity contribution is 7.89. The summed E-state index contributed by atoms with van der Waals surface area (Å²) in [5, 5.41) is 4.77. The smallest absolute Gasteiger partial charge is 0.246 e. The maximum Gasteiger partial charge on any atom is 0.246 e. The van der Waals surface area contributed by atoms with Crippen molar-refractivity contribution in [2.75, 3.05) is 14.1 Å². The number of benzene rings is 1. The van der Waals surface area contributed by atoms with E-state index in [0.29, 0.717) is 12.1 Å². The van der Waals surface area contributed by atoms with Gasteiger partial charge in [-0.25, -0.2) is 12.8 Å². The Morgan fingerprint density at radius 2 is 2.10 bits per heavy atom. The van der Waals surface area contributed by atoms with E-state index >= 15 is 0 Å². The van der Waals surface area contributed by atoms with Crippen molar-refractivity contribution in [2.24, 2.45) is 0 Å². The van der Waals surface area contributed by atoms with Gasteiger partial charge in [-0.2, -0.15) is 4.31 Å². The Morgan fingerprint density at radius 3 is 2.67 bits per heavy atom. The Hall–Kier alpha value is -1.28. The van der Waals surface area contributed by atoms with Crippen LogP contribution in [0.3, 0.4) is 0 Å². The number of hydrogen-bond donors (Lipinski definition) is 1. The zero-order chi connectivity index (χ0) is 15.5. The van der Waals surface area contributed by atoms with Gasteiger partial charge in [0.15, 0.2) is 0 Å². The maximum absolute atomic E-state index is 14.1. The maximum atomic E-state index is 14.1. The topological polar surface area (TPSA) is 49.4 Å². The van der Waals surface area contributed by atoms with Crippen molar-refractivity contribution in [3.05, 3.63) is 52.0 Å². The molecule has 0 aliphatic carbocycles. The summed E-state index contributed by atoms with van der Waals surface area (Å²) in [6.07, 6.45) is 0. The molecule has 0 saturated carbocycles. The third kappa shape index (κ3) is 3.68. The molecular weight excluding hydrogens is 311 g/mol. The van der Waals surface area contributed by atoms with Gasteiger partial charge >= 0.3 is 0 Å². The number of hydrogen-bond acceptors (Lipinski definition) is 4. The van der Waals surface area contributed by atoms with Gasteiger partial charge in [-0.3, -0.25) is 0 Å². The summed E-state index contributed by atoms with van der Waals surface area (Å²) in [6, 6.07) is 7.90. The molecule has 2 rings (SSSR count). The molecule has 4 nitrogen and oxygen atoms in total. The molecule has 7 heteroatoms. The SMILES string of the molecule is CNCc1ccc(S(=O)(=O)N(C)Cc2cccs2)c(F)c1. The van der Waals surface area contributed by atoms with Crippen LogP contribution in [-0.2, 0) is 23.1 Å². The molecule has 114 valence electrons. The minimum Gasteiger partial charge on any atom is -0.316 e. The summed E-state index contributed by atoms with van der Waals surface area (Å²) in [5.41, 5.74) is 0.704. The summed E-state index contributed by atoms with van der Waals surface area (Å²) >= 11 is 1.47. The van der Waals surface area contributed by atoms with Gasteiger partial charge in [-0.05, 0) is 36.2 Å². The van der Waals surface area contributed by atoms with Crippen LogP contribution in [0.4, 0.5) is 4.39 Å². The van der Waals surface area contributed by atoms with Gasteiger partial charge in [0.25, 0.3) is 0 Å². The van der Waals surface area contributed by atoms with Crippen molar-refractivity contribution in [1.82, 2.24) is 9.62 Å². The lowest BCUT2D eigenvalue weighted by molar-refractivity contribution is 0.462. The van der Waals surface area contributed by atoms with Crippen LogP contribution in [-0.4, -0.2) is 26.8 Å². The second-order valence-electron chi connectivity index (χ2n) is 4.64. The highest BCUT2D eigenvalue weighted by atomic mass is 32.2. The summed E-state index contributed by atoms with van der Waals surface area (Å²) in [6.45, 7) is 0.722. The molecule has 0 unspecified atom stereocenters. The van der Waals surface area contributed by atoms with Crippen LogP contribution in [0.25, 0.3) is 0 Å². The number of rotatable bonds is 6. The van der Waals surface area contributed by atoms with Crippen molar-refractivity contribution in [1.29, 1.82) is 0 Å². The molecule has 0 aliphatic heterocycles. The molecule has 1 N–H and O–H groups in total. The molecule has 0 fully saturated rings. The van der Waals surface area contributed by atoms with Gasteiger partial charge in [0.2, 0.25) is 10.0 Å². The molecule has 0 spiro atoms. The Morgan fingerprint density at radius 1 is 1.33 bits per heavy atom. The van der Waals surface area contributed by atoms with Crippen LogP contribution in [0.5, 0.6) is 0 Å². The predicted octanol–water partition coefficient (Wildman–Crippen LogP) is 2.43. The van der Waals surface area contributed by atoms with E-state index in [4.69, 9.17) is 0 Å². The van der Waals surface area contributed by atoms with Gasteiger partial charge in [0.05, 0.1) is 0 Å². The van der Waals surface area contributed by atoms with Crippen molar-refractivity contribution in [3.8, 4) is 0 Å². The summed E-state index contributed by atoms with van der Waals surface area (Å²) in [5.74, 6) is -0.722. The average molecular weight is 328 g/mol. The molecule has 0 amide bonds. The van der Waals surface area contributed by atoms with Crippen LogP contribution in [0, 0.1) is 5.82 Å². The largest absolute Gasteiger partial charge is 0.316 e. The van der Waals surface area contributed by atoms with Crippen molar-refractivity contribution >= 4 is 21.4 Å². The van der Waals surface area contributed by atoms with E-state index in [0.717, 1.165) is 9.18 Å². The van der Waals surface area contributed by atoms with Gasteiger partial charge in [0, 0.05) is 25.0 Å². The fraction of sp³-hybridized carbons (Fsp3) is 0.286. The Labute approximate surface area is 128 Å². The number of sulfonamides is 1. The fourth-order valence-electron chi connectivity index (χ4n) is 1.94. The monoisotopic (exact) mass is 328 g/mol. The van der Waals surface area contributed by atoms with E-state index in [1.807, 2.05) is 17.5 Å². The fourth-order valence-corrected chi connectivity index (χ4v) is 3.97. The van der Waals surface area contributed by atoms with Crippen LogP contribution in [0.2, 0.25) is 0 Å². The molecular formula is C14H17FN2O2S2. The quantitative estimate of drug-likeness (QED) is 0.886. The molecule has 0 atom stereocenters. The molecule has 1 heterocycles. The van der Waals surface area contributed by atoms with Gasteiger partial charge in [-0.15, -0.1) is 11.3 Å². The second-order valence-corrected chi connectivity index (χ2v) is 7.68. The lowest BCUT2D eigenvalue weighted by Gasteiger charge is -2.17. The first kappa shape index (κ1) is 16.1. The van der Waals surface area contributed by atoms with Crippen LogP contribution >= 0.6 is 11.3 Å². The van der Waals surface area contributed by atoms with Crippen LogP contribution < -0.4 is 5.32 Å². The van der Waals surface area contributed by atoms with Crippen LogP contribution in [0.1, 0.15) is 10.4 Å². The standard InChI is InChI=1S/C14H17FN2O2S2/c1-16-9-11-5-6-14(13(15)8-11)21(18,19)17(2)10-12-4-3-7-20-12/h3-8,16H,9-10H2,1-2H3. The molecule has 2 aromatic rings. The lowest BCUT2D eigenvalue weighted by Crippen LogP contribution is -2.27. The van der Waals surface area contributed by atoms with E-state index in [1.54, 1.807) is 13.1 Å². The zero-order valence-corrected chi connectivity index (χ0v) is 13.5. The van der Waals surface area contributed by atoms with Crippen molar-refractivity contribution in [2.45, 2.75) is 18.0 Å². The Balaban J connectivity index is 2.26. The minimum absolute atomic E-state index is 0.234. The number of nitrogens with zero attached hydrogens (tertiary/aromatic N) is 1. The summed E-state index contributed by atoms with van der Waals surface area (Å²) < 4.78 is 40.1. The molecule has 0 aliphatic rings. The minimum atomic E-state index is -3.83. The van der Waals surface area contributed by atoms with E-state index in [-0.39, 0.29) is 11.4 Å². The normalized spacial score (nSPS) is 12.0. The zero-order valence-electron chi connectivity index (χ0n) is 11.8. The van der Waals surface area contributed by atoms with E-state index in [2.05, 4.69) is 5.32 Å². The van der Waals surface area contributed by atoms with E-state index < -0.39 is 15.8 Å². The van der Waals surface area contributed by atoms with Crippen molar-refractivity contribution in [3.63, 3.8) is 0 Å². The first-order valence-electron chi connectivity index (χ1n) is 6.37. The van der Waals surface area contributed by atoms with Gasteiger partial charge in [0.1, 0.15) is 10.7 Å². The van der Waals surface area contributed by atoms with Gasteiger partial charge in [-0.1, -0.05) is 12.1 Å². The van der Waals surface area contributed by atoms with E-state index in [1.165, 1.54) is 30.5 Å². The molecule has 1 aromatic carbocycles. The van der Waals surface area contributed by atoms with E-state index in [9.17, 15) is 12.8 Å².